The van der Waals surface area contributed by atoms with Crippen molar-refractivity contribution in [3.63, 3.8) is 0 Å². The molecule has 0 bridgehead atoms. The van der Waals surface area contributed by atoms with Crippen LogP contribution in [0.1, 0.15) is 12.5 Å². The molecule has 0 fully saturated rings. The molecule has 0 spiro atoms. The maximum atomic E-state index is 13.2. The first-order valence-electron chi connectivity index (χ1n) is 8.98. The molecule has 3 aromatic carbocycles. The van der Waals surface area contributed by atoms with E-state index in [0.717, 1.165) is 45.4 Å². The van der Waals surface area contributed by atoms with E-state index in [9.17, 15) is 4.79 Å². The molecule has 0 N–H and O–H groups in total. The lowest BCUT2D eigenvalue weighted by molar-refractivity contribution is 0.792. The monoisotopic (exact) mass is 339 g/mol. The topological polar surface area (TPSA) is 22.0 Å². The number of fused-ring (bicyclic) bond motifs is 1. The fourth-order valence-corrected chi connectivity index (χ4v) is 3.69. The standard InChI is InChI=1S/C24H21NO/c1-3-25-22-15-14-20(18-10-6-4-7-11-18)16-21(22)24(26)17(2)23(25)19-12-8-5-9-13-19/h4-16H,3H2,1-2H3. The van der Waals surface area contributed by atoms with E-state index in [1.54, 1.807) is 0 Å². The molecule has 4 aromatic rings. The van der Waals surface area contributed by atoms with Gasteiger partial charge in [-0.25, -0.2) is 0 Å². The maximum absolute atomic E-state index is 13.2. The molecule has 0 saturated carbocycles. The molecule has 0 atom stereocenters. The quantitative estimate of drug-likeness (QED) is 0.472. The Morgan fingerprint density at radius 1 is 0.769 bits per heavy atom. The van der Waals surface area contributed by atoms with Gasteiger partial charge in [0.15, 0.2) is 5.43 Å². The van der Waals surface area contributed by atoms with Crippen LogP contribution >= 0.6 is 0 Å². The summed E-state index contributed by atoms with van der Waals surface area (Å²) in [5.74, 6) is 0. The van der Waals surface area contributed by atoms with Crippen molar-refractivity contribution < 1.29 is 0 Å². The Labute approximate surface area is 153 Å². The van der Waals surface area contributed by atoms with Crippen molar-refractivity contribution in [2.45, 2.75) is 20.4 Å². The number of hydrogen-bond acceptors (Lipinski definition) is 1. The lowest BCUT2D eigenvalue weighted by Crippen LogP contribution is -2.16. The highest BCUT2D eigenvalue weighted by Crippen LogP contribution is 2.28. The molecule has 0 radical (unpaired) electrons. The van der Waals surface area contributed by atoms with Gasteiger partial charge in [-0.3, -0.25) is 4.79 Å². The minimum atomic E-state index is 0.112. The van der Waals surface area contributed by atoms with Crippen LogP contribution in [0.15, 0.2) is 83.7 Å². The average Bonchev–Trinajstić information content (AvgIpc) is 2.71. The number of benzene rings is 3. The van der Waals surface area contributed by atoms with Gasteiger partial charge in [0.05, 0.1) is 11.2 Å². The summed E-state index contributed by atoms with van der Waals surface area (Å²) in [6, 6.07) is 26.6. The predicted octanol–water partition coefficient (Wildman–Crippen LogP) is 5.66. The van der Waals surface area contributed by atoms with Gasteiger partial charge in [0, 0.05) is 17.5 Å². The number of hydrogen-bond donors (Lipinski definition) is 0. The lowest BCUT2D eigenvalue weighted by atomic mass is 9.99. The van der Waals surface area contributed by atoms with Crippen molar-refractivity contribution in [1.82, 2.24) is 4.57 Å². The molecular weight excluding hydrogens is 318 g/mol. The van der Waals surface area contributed by atoms with Gasteiger partial charge in [0.25, 0.3) is 0 Å². The van der Waals surface area contributed by atoms with Crippen LogP contribution in [0.2, 0.25) is 0 Å². The average molecular weight is 339 g/mol. The number of pyridine rings is 1. The van der Waals surface area contributed by atoms with E-state index in [1.807, 2.05) is 49.4 Å². The van der Waals surface area contributed by atoms with Crippen LogP contribution in [-0.4, -0.2) is 4.57 Å². The molecule has 0 aliphatic rings. The van der Waals surface area contributed by atoms with Gasteiger partial charge in [-0.1, -0.05) is 66.7 Å². The van der Waals surface area contributed by atoms with E-state index in [1.165, 1.54) is 0 Å². The van der Waals surface area contributed by atoms with Crippen molar-refractivity contribution in [3.05, 3.63) is 94.6 Å². The minimum Gasteiger partial charge on any atom is -0.340 e. The van der Waals surface area contributed by atoms with Crippen molar-refractivity contribution in [3.8, 4) is 22.4 Å². The molecule has 0 aliphatic carbocycles. The second-order valence-electron chi connectivity index (χ2n) is 6.51. The molecule has 0 amide bonds. The Morgan fingerprint density at radius 2 is 1.38 bits per heavy atom. The molecule has 1 heterocycles. The summed E-state index contributed by atoms with van der Waals surface area (Å²) in [5, 5.41) is 0.783. The fourth-order valence-electron chi connectivity index (χ4n) is 3.69. The molecule has 2 nitrogen and oxygen atoms in total. The van der Waals surface area contributed by atoms with Crippen LogP contribution in [-0.2, 0) is 6.54 Å². The zero-order chi connectivity index (χ0) is 18.1. The summed E-state index contributed by atoms with van der Waals surface area (Å²) in [4.78, 5) is 13.2. The van der Waals surface area contributed by atoms with Crippen molar-refractivity contribution in [2.75, 3.05) is 0 Å². The number of nitrogens with zero attached hydrogens (tertiary/aromatic N) is 1. The third-order valence-corrected chi connectivity index (χ3v) is 4.97. The van der Waals surface area contributed by atoms with E-state index in [0.29, 0.717) is 0 Å². The van der Waals surface area contributed by atoms with E-state index < -0.39 is 0 Å². The molecule has 4 rings (SSSR count). The summed E-state index contributed by atoms with van der Waals surface area (Å²) in [6.07, 6.45) is 0. The van der Waals surface area contributed by atoms with Gasteiger partial charge < -0.3 is 4.57 Å². The molecule has 1 aromatic heterocycles. The number of rotatable bonds is 3. The first-order valence-corrected chi connectivity index (χ1v) is 8.98. The summed E-state index contributed by atoms with van der Waals surface area (Å²) >= 11 is 0. The van der Waals surface area contributed by atoms with Gasteiger partial charge in [-0.2, -0.15) is 0 Å². The third-order valence-electron chi connectivity index (χ3n) is 4.97. The van der Waals surface area contributed by atoms with Crippen LogP contribution in [0.3, 0.4) is 0 Å². The van der Waals surface area contributed by atoms with Crippen LogP contribution in [0.25, 0.3) is 33.3 Å². The van der Waals surface area contributed by atoms with Gasteiger partial charge in [-0.05, 0) is 42.7 Å². The van der Waals surface area contributed by atoms with E-state index in [2.05, 4.69) is 47.9 Å². The highest BCUT2D eigenvalue weighted by molar-refractivity contribution is 5.88. The van der Waals surface area contributed by atoms with Gasteiger partial charge in [-0.15, -0.1) is 0 Å². The summed E-state index contributed by atoms with van der Waals surface area (Å²) < 4.78 is 2.25. The van der Waals surface area contributed by atoms with Crippen molar-refractivity contribution in [1.29, 1.82) is 0 Å². The molecule has 2 heteroatoms. The SMILES string of the molecule is CCn1c(-c2ccccc2)c(C)c(=O)c2cc(-c3ccccc3)ccc21. The predicted molar refractivity (Wildman–Crippen MR) is 109 cm³/mol. The number of aromatic nitrogens is 1. The van der Waals surface area contributed by atoms with Gasteiger partial charge in [0.2, 0.25) is 0 Å². The summed E-state index contributed by atoms with van der Waals surface area (Å²) in [6.45, 7) is 4.87. The highest BCUT2D eigenvalue weighted by Gasteiger charge is 2.15. The Bertz CT molecular complexity index is 1130. The molecule has 26 heavy (non-hydrogen) atoms. The first-order chi connectivity index (χ1) is 12.7. The van der Waals surface area contributed by atoms with Crippen LogP contribution < -0.4 is 5.43 Å². The Balaban J connectivity index is 2.04. The first kappa shape index (κ1) is 16.3. The molecule has 0 saturated heterocycles. The molecule has 128 valence electrons. The third kappa shape index (κ3) is 2.64. The van der Waals surface area contributed by atoms with Gasteiger partial charge in [0.1, 0.15) is 0 Å². The van der Waals surface area contributed by atoms with E-state index >= 15 is 0 Å². The van der Waals surface area contributed by atoms with Crippen LogP contribution in [0.4, 0.5) is 0 Å². The molecule has 0 aliphatic heterocycles. The minimum absolute atomic E-state index is 0.112. The smallest absolute Gasteiger partial charge is 0.192 e. The van der Waals surface area contributed by atoms with E-state index in [-0.39, 0.29) is 5.43 Å². The number of aryl methyl sites for hydroxylation is 1. The molecule has 0 unspecified atom stereocenters. The Morgan fingerprint density at radius 3 is 2.00 bits per heavy atom. The zero-order valence-electron chi connectivity index (χ0n) is 15.1. The zero-order valence-corrected chi connectivity index (χ0v) is 15.1. The maximum Gasteiger partial charge on any atom is 0.192 e. The summed E-state index contributed by atoms with van der Waals surface area (Å²) in [7, 11) is 0. The molecular formula is C24H21NO. The fraction of sp³-hybridized carbons (Fsp3) is 0.125. The van der Waals surface area contributed by atoms with Crippen LogP contribution in [0, 0.1) is 6.92 Å². The van der Waals surface area contributed by atoms with Crippen molar-refractivity contribution in [2.24, 2.45) is 0 Å². The normalized spacial score (nSPS) is 11.0. The summed E-state index contributed by atoms with van der Waals surface area (Å²) in [5.41, 5.74) is 6.20. The van der Waals surface area contributed by atoms with Crippen LogP contribution in [0.5, 0.6) is 0 Å². The lowest BCUT2D eigenvalue weighted by Gasteiger charge is -2.19. The second kappa shape index (κ2) is 6.64. The largest absolute Gasteiger partial charge is 0.340 e. The van der Waals surface area contributed by atoms with E-state index in [4.69, 9.17) is 0 Å². The Kier molecular flexibility index (Phi) is 4.18. The van der Waals surface area contributed by atoms with Gasteiger partial charge >= 0.3 is 0 Å². The van der Waals surface area contributed by atoms with Crippen molar-refractivity contribution >= 4 is 10.9 Å². The Hall–Kier alpha value is -3.13. The second-order valence-corrected chi connectivity index (χ2v) is 6.51. The highest BCUT2D eigenvalue weighted by atomic mass is 16.1.